The smallest absolute Gasteiger partial charge is 0.318 e. The van der Waals surface area contributed by atoms with E-state index < -0.39 is 0 Å². The molecule has 0 aliphatic carbocycles. The van der Waals surface area contributed by atoms with Gasteiger partial charge in [-0.2, -0.15) is 0 Å². The third-order valence-corrected chi connectivity index (χ3v) is 4.80. The number of rotatable bonds is 9. The summed E-state index contributed by atoms with van der Waals surface area (Å²) < 4.78 is 4.96. The van der Waals surface area contributed by atoms with Gasteiger partial charge in [-0.15, -0.1) is 0 Å². The summed E-state index contributed by atoms with van der Waals surface area (Å²) in [7, 11) is 0. The van der Waals surface area contributed by atoms with Crippen molar-refractivity contribution in [3.63, 3.8) is 0 Å². The Morgan fingerprint density at radius 3 is 2.41 bits per heavy atom. The zero-order valence-electron chi connectivity index (χ0n) is 15.6. The van der Waals surface area contributed by atoms with Crippen molar-refractivity contribution in [3.8, 4) is 0 Å². The molecule has 0 unspecified atom stereocenters. The molecule has 0 fully saturated rings. The van der Waals surface area contributed by atoms with E-state index in [-0.39, 0.29) is 11.9 Å². The molecule has 0 saturated carbocycles. The lowest BCUT2D eigenvalue weighted by Crippen LogP contribution is -2.36. The van der Waals surface area contributed by atoms with Gasteiger partial charge >= 0.3 is 6.03 Å². The van der Waals surface area contributed by atoms with Crippen LogP contribution in [0.25, 0.3) is 0 Å². The zero-order valence-corrected chi connectivity index (χ0v) is 15.6. The number of amides is 3. The highest BCUT2D eigenvalue weighted by Crippen LogP contribution is 2.21. The minimum atomic E-state index is 0.00447. The lowest BCUT2D eigenvalue weighted by atomic mass is 10.1. The predicted molar refractivity (Wildman–Crippen MR) is 103 cm³/mol. The van der Waals surface area contributed by atoms with Crippen LogP contribution in [-0.2, 0) is 24.4 Å². The SMILES string of the molecule is O=C(CCCCCCNC(=O)N1Cc2ccccc2C1)NCc1ccoc1. The fourth-order valence-corrected chi connectivity index (χ4v) is 3.23. The van der Waals surface area contributed by atoms with Gasteiger partial charge < -0.3 is 20.0 Å². The Hall–Kier alpha value is -2.76. The van der Waals surface area contributed by atoms with E-state index in [0.29, 0.717) is 32.6 Å². The first-order chi connectivity index (χ1) is 13.2. The van der Waals surface area contributed by atoms with Crippen LogP contribution in [0.2, 0.25) is 0 Å². The van der Waals surface area contributed by atoms with Crippen molar-refractivity contribution < 1.29 is 14.0 Å². The first-order valence-electron chi connectivity index (χ1n) is 9.60. The molecule has 3 rings (SSSR count). The summed E-state index contributed by atoms with van der Waals surface area (Å²) in [6.07, 6.45) is 7.57. The topological polar surface area (TPSA) is 74.6 Å². The first kappa shape index (κ1) is 19.0. The van der Waals surface area contributed by atoms with Crippen LogP contribution >= 0.6 is 0 Å². The van der Waals surface area contributed by atoms with E-state index in [4.69, 9.17) is 4.42 Å². The highest BCUT2D eigenvalue weighted by Gasteiger charge is 2.22. The number of fused-ring (bicyclic) bond motifs is 1. The van der Waals surface area contributed by atoms with Gasteiger partial charge in [-0.3, -0.25) is 4.79 Å². The van der Waals surface area contributed by atoms with Crippen LogP contribution in [0.15, 0.2) is 47.3 Å². The van der Waals surface area contributed by atoms with Crippen molar-refractivity contribution in [1.82, 2.24) is 15.5 Å². The highest BCUT2D eigenvalue weighted by atomic mass is 16.3. The fraction of sp³-hybridized carbons (Fsp3) is 0.429. The maximum Gasteiger partial charge on any atom is 0.318 e. The lowest BCUT2D eigenvalue weighted by Gasteiger charge is -2.16. The van der Waals surface area contributed by atoms with Gasteiger partial charge in [0.1, 0.15) is 0 Å². The second-order valence-corrected chi connectivity index (χ2v) is 6.93. The van der Waals surface area contributed by atoms with E-state index in [1.54, 1.807) is 12.5 Å². The number of nitrogens with zero attached hydrogens (tertiary/aromatic N) is 1. The number of hydrogen-bond acceptors (Lipinski definition) is 3. The summed E-state index contributed by atoms with van der Waals surface area (Å²) in [4.78, 5) is 25.8. The molecule has 0 bridgehead atoms. The Morgan fingerprint density at radius 2 is 1.70 bits per heavy atom. The molecule has 0 radical (unpaired) electrons. The second-order valence-electron chi connectivity index (χ2n) is 6.93. The molecular formula is C21H27N3O3. The van der Waals surface area contributed by atoms with Crippen molar-refractivity contribution in [2.45, 2.75) is 51.7 Å². The Labute approximate surface area is 159 Å². The molecule has 1 aliphatic rings. The van der Waals surface area contributed by atoms with Crippen LogP contribution in [-0.4, -0.2) is 23.4 Å². The van der Waals surface area contributed by atoms with Gasteiger partial charge in [-0.25, -0.2) is 4.79 Å². The van der Waals surface area contributed by atoms with Crippen molar-refractivity contribution in [2.75, 3.05) is 6.54 Å². The minimum Gasteiger partial charge on any atom is -0.472 e. The standard InChI is InChI=1S/C21H27N3O3/c25-20(23-13-17-10-12-27-16-17)9-3-1-2-6-11-22-21(26)24-14-18-7-4-5-8-19(18)15-24/h4-5,7-8,10,12,16H,1-3,6,9,11,13-15H2,(H,22,26)(H,23,25). The normalized spacial score (nSPS) is 12.7. The molecule has 27 heavy (non-hydrogen) atoms. The number of urea groups is 1. The van der Waals surface area contributed by atoms with E-state index in [9.17, 15) is 9.59 Å². The molecule has 2 aromatic rings. The monoisotopic (exact) mass is 369 g/mol. The van der Waals surface area contributed by atoms with Crippen molar-refractivity contribution >= 4 is 11.9 Å². The number of hydrogen-bond donors (Lipinski definition) is 2. The number of carbonyl (C=O) groups excluding carboxylic acids is 2. The molecule has 3 amide bonds. The molecule has 1 aliphatic heterocycles. The van der Waals surface area contributed by atoms with Gasteiger partial charge in [0.15, 0.2) is 0 Å². The van der Waals surface area contributed by atoms with Crippen LogP contribution < -0.4 is 10.6 Å². The number of carbonyl (C=O) groups is 2. The predicted octanol–water partition coefficient (Wildman–Crippen LogP) is 3.57. The van der Waals surface area contributed by atoms with Crippen molar-refractivity contribution in [1.29, 1.82) is 0 Å². The molecule has 6 heteroatoms. The molecule has 144 valence electrons. The third kappa shape index (κ3) is 5.88. The van der Waals surface area contributed by atoms with Crippen LogP contribution in [0.3, 0.4) is 0 Å². The van der Waals surface area contributed by atoms with E-state index in [0.717, 1.165) is 31.2 Å². The van der Waals surface area contributed by atoms with Crippen LogP contribution in [0.4, 0.5) is 4.79 Å². The van der Waals surface area contributed by atoms with Crippen LogP contribution in [0.5, 0.6) is 0 Å². The highest BCUT2D eigenvalue weighted by molar-refractivity contribution is 5.76. The third-order valence-electron chi connectivity index (χ3n) is 4.80. The molecule has 1 aromatic heterocycles. The second kappa shape index (κ2) is 9.80. The maximum absolute atomic E-state index is 12.2. The Balaban J connectivity index is 1.19. The molecule has 0 spiro atoms. The van der Waals surface area contributed by atoms with E-state index in [1.165, 1.54) is 11.1 Å². The molecular weight excluding hydrogens is 342 g/mol. The van der Waals surface area contributed by atoms with Crippen molar-refractivity contribution in [2.24, 2.45) is 0 Å². The van der Waals surface area contributed by atoms with E-state index >= 15 is 0 Å². The van der Waals surface area contributed by atoms with Gasteiger partial charge in [0.05, 0.1) is 12.5 Å². The average molecular weight is 369 g/mol. The van der Waals surface area contributed by atoms with Gasteiger partial charge in [0.25, 0.3) is 0 Å². The van der Waals surface area contributed by atoms with E-state index in [1.807, 2.05) is 23.1 Å². The number of unbranched alkanes of at least 4 members (excludes halogenated alkanes) is 3. The summed E-state index contributed by atoms with van der Waals surface area (Å²) in [5, 5.41) is 5.87. The number of nitrogens with one attached hydrogen (secondary N) is 2. The summed E-state index contributed by atoms with van der Waals surface area (Å²) >= 11 is 0. The first-order valence-corrected chi connectivity index (χ1v) is 9.60. The summed E-state index contributed by atoms with van der Waals surface area (Å²) in [6.45, 7) is 2.58. The van der Waals surface area contributed by atoms with Gasteiger partial charge in [0.2, 0.25) is 5.91 Å². The van der Waals surface area contributed by atoms with Crippen LogP contribution in [0, 0.1) is 0 Å². The largest absolute Gasteiger partial charge is 0.472 e. The Bertz CT molecular complexity index is 718. The molecule has 2 heterocycles. The number of benzene rings is 1. The number of furan rings is 1. The maximum atomic E-state index is 12.2. The van der Waals surface area contributed by atoms with Crippen LogP contribution in [0.1, 0.15) is 48.8 Å². The summed E-state index contributed by atoms with van der Waals surface area (Å²) in [5.41, 5.74) is 3.44. The zero-order chi connectivity index (χ0) is 18.9. The van der Waals surface area contributed by atoms with Gasteiger partial charge in [0, 0.05) is 38.2 Å². The quantitative estimate of drug-likeness (QED) is 0.664. The minimum absolute atomic E-state index is 0.00447. The average Bonchev–Trinajstić information content (AvgIpc) is 3.34. The Morgan fingerprint density at radius 1 is 0.963 bits per heavy atom. The molecule has 1 aromatic carbocycles. The molecule has 6 nitrogen and oxygen atoms in total. The fourth-order valence-electron chi connectivity index (χ4n) is 3.23. The van der Waals surface area contributed by atoms with Gasteiger partial charge in [-0.1, -0.05) is 37.1 Å². The van der Waals surface area contributed by atoms with Crippen molar-refractivity contribution in [3.05, 3.63) is 59.5 Å². The molecule has 0 saturated heterocycles. The van der Waals surface area contributed by atoms with Gasteiger partial charge in [-0.05, 0) is 30.0 Å². The molecule has 0 atom stereocenters. The summed E-state index contributed by atoms with van der Waals surface area (Å²) in [5.74, 6) is 0.0677. The summed E-state index contributed by atoms with van der Waals surface area (Å²) in [6, 6.07) is 10.0. The lowest BCUT2D eigenvalue weighted by molar-refractivity contribution is -0.121. The van der Waals surface area contributed by atoms with E-state index in [2.05, 4.69) is 22.8 Å². The molecule has 2 N–H and O–H groups in total. The Kier molecular flexibility index (Phi) is 6.90.